The number of nitrogens with one attached hydrogen (secondary N) is 1. The Balaban J connectivity index is 2.00. The van der Waals surface area contributed by atoms with Gasteiger partial charge >= 0.3 is 0 Å². The molecule has 1 aliphatic rings. The number of rotatable bonds is 2. The summed E-state index contributed by atoms with van der Waals surface area (Å²) in [6.45, 7) is 2.15. The van der Waals surface area contributed by atoms with E-state index in [1.54, 1.807) is 0 Å². The van der Waals surface area contributed by atoms with Gasteiger partial charge in [-0.05, 0) is 53.4 Å². The first-order valence-corrected chi connectivity index (χ1v) is 7.58. The second-order valence-electron chi connectivity index (χ2n) is 5.17. The number of halogens is 1. The van der Waals surface area contributed by atoms with E-state index in [0.29, 0.717) is 6.04 Å². The zero-order chi connectivity index (χ0) is 12.1. The highest BCUT2D eigenvalue weighted by atomic mass is 79.9. The van der Waals surface area contributed by atoms with Crippen LogP contribution in [-0.4, -0.2) is 6.04 Å². The van der Waals surface area contributed by atoms with Crippen molar-refractivity contribution in [3.05, 3.63) is 28.2 Å². The third kappa shape index (κ3) is 4.02. The van der Waals surface area contributed by atoms with Crippen LogP contribution in [0.15, 0.2) is 22.7 Å². The first kappa shape index (κ1) is 12.9. The molecule has 1 fully saturated rings. The first-order chi connectivity index (χ1) is 8.25. The summed E-state index contributed by atoms with van der Waals surface area (Å²) in [7, 11) is 0. The summed E-state index contributed by atoms with van der Waals surface area (Å²) in [6, 6.07) is 7.19. The number of benzene rings is 1. The van der Waals surface area contributed by atoms with Crippen molar-refractivity contribution in [3.8, 4) is 0 Å². The molecule has 1 aliphatic carbocycles. The maximum Gasteiger partial charge on any atom is 0.0489 e. The van der Waals surface area contributed by atoms with Gasteiger partial charge < -0.3 is 5.32 Å². The van der Waals surface area contributed by atoms with Gasteiger partial charge in [0, 0.05) is 16.2 Å². The Labute approximate surface area is 113 Å². The molecule has 0 aromatic heterocycles. The van der Waals surface area contributed by atoms with Gasteiger partial charge in [0.25, 0.3) is 0 Å². The van der Waals surface area contributed by atoms with Crippen molar-refractivity contribution < 1.29 is 0 Å². The van der Waals surface area contributed by atoms with Crippen LogP contribution in [0.4, 0.5) is 5.69 Å². The highest BCUT2D eigenvalue weighted by molar-refractivity contribution is 9.10. The minimum atomic E-state index is 0.661. The quantitative estimate of drug-likeness (QED) is 0.782. The lowest BCUT2D eigenvalue weighted by Gasteiger charge is -2.23. The Morgan fingerprint density at radius 3 is 2.41 bits per heavy atom. The van der Waals surface area contributed by atoms with E-state index in [9.17, 15) is 0 Å². The second kappa shape index (κ2) is 6.44. The molecule has 2 heteroatoms. The molecular weight excluding hydrogens is 274 g/mol. The molecule has 2 rings (SSSR count). The fraction of sp³-hybridized carbons (Fsp3) is 0.600. The number of hydrogen-bond donors (Lipinski definition) is 1. The maximum atomic E-state index is 3.71. The van der Waals surface area contributed by atoms with Crippen molar-refractivity contribution in [3.63, 3.8) is 0 Å². The zero-order valence-corrected chi connectivity index (χ0v) is 12.2. The molecule has 1 aromatic carbocycles. The van der Waals surface area contributed by atoms with E-state index in [4.69, 9.17) is 0 Å². The summed E-state index contributed by atoms with van der Waals surface area (Å²) in [5.41, 5.74) is 2.58. The molecule has 94 valence electrons. The van der Waals surface area contributed by atoms with Crippen molar-refractivity contribution in [2.75, 3.05) is 5.32 Å². The Morgan fingerprint density at radius 1 is 1.06 bits per heavy atom. The van der Waals surface area contributed by atoms with E-state index < -0.39 is 0 Å². The van der Waals surface area contributed by atoms with Crippen molar-refractivity contribution in [2.45, 2.75) is 57.9 Å². The number of hydrogen-bond acceptors (Lipinski definition) is 1. The van der Waals surface area contributed by atoms with Crippen molar-refractivity contribution in [1.29, 1.82) is 0 Å². The van der Waals surface area contributed by atoms with E-state index in [-0.39, 0.29) is 0 Å². The monoisotopic (exact) mass is 295 g/mol. The van der Waals surface area contributed by atoms with Crippen LogP contribution in [0, 0.1) is 6.92 Å². The molecule has 0 bridgehead atoms. The lowest BCUT2D eigenvalue weighted by atomic mass is 9.96. The summed E-state index contributed by atoms with van der Waals surface area (Å²) in [5.74, 6) is 0. The molecule has 0 aliphatic heterocycles. The molecule has 0 saturated heterocycles. The van der Waals surface area contributed by atoms with Crippen LogP contribution >= 0.6 is 15.9 Å². The van der Waals surface area contributed by atoms with Crippen LogP contribution in [0.25, 0.3) is 0 Å². The molecule has 0 atom stereocenters. The van der Waals surface area contributed by atoms with E-state index in [1.165, 1.54) is 60.7 Å². The molecule has 1 N–H and O–H groups in total. The third-order valence-electron chi connectivity index (χ3n) is 3.59. The van der Waals surface area contributed by atoms with Crippen LogP contribution < -0.4 is 5.32 Å². The second-order valence-corrected chi connectivity index (χ2v) is 6.02. The molecular formula is C15H22BrN. The standard InChI is InChI=1S/C15H22BrN/c1-12-9-10-14(16)15(11-12)17-13-7-5-3-2-4-6-8-13/h9-11,13,17H,2-8H2,1H3. The molecule has 0 radical (unpaired) electrons. The molecule has 1 nitrogen and oxygen atoms in total. The summed E-state index contributed by atoms with van der Waals surface area (Å²) in [4.78, 5) is 0. The maximum absolute atomic E-state index is 3.71. The van der Waals surface area contributed by atoms with Gasteiger partial charge in [0.2, 0.25) is 0 Å². The lowest BCUT2D eigenvalue weighted by molar-refractivity contribution is 0.471. The molecule has 0 spiro atoms. The largest absolute Gasteiger partial charge is 0.381 e. The van der Waals surface area contributed by atoms with Crippen LogP contribution in [0.3, 0.4) is 0 Å². The highest BCUT2D eigenvalue weighted by Crippen LogP contribution is 2.27. The smallest absolute Gasteiger partial charge is 0.0489 e. The third-order valence-corrected chi connectivity index (χ3v) is 4.28. The first-order valence-electron chi connectivity index (χ1n) is 6.78. The molecule has 1 saturated carbocycles. The van der Waals surface area contributed by atoms with Crippen LogP contribution in [0.2, 0.25) is 0 Å². The van der Waals surface area contributed by atoms with Gasteiger partial charge in [-0.1, -0.05) is 38.2 Å². The number of aryl methyl sites for hydroxylation is 1. The van der Waals surface area contributed by atoms with E-state index in [2.05, 4.69) is 46.4 Å². The van der Waals surface area contributed by atoms with Gasteiger partial charge in [-0.15, -0.1) is 0 Å². The van der Waals surface area contributed by atoms with Gasteiger partial charge in [0.05, 0.1) is 0 Å². The normalized spacial score (nSPS) is 18.5. The summed E-state index contributed by atoms with van der Waals surface area (Å²) in [5, 5.41) is 3.71. The molecule has 1 aromatic rings. The van der Waals surface area contributed by atoms with Crippen molar-refractivity contribution in [2.24, 2.45) is 0 Å². The molecule has 17 heavy (non-hydrogen) atoms. The SMILES string of the molecule is Cc1ccc(Br)c(NC2CCCCCCC2)c1. The fourth-order valence-electron chi connectivity index (χ4n) is 2.57. The van der Waals surface area contributed by atoms with Gasteiger partial charge in [-0.2, -0.15) is 0 Å². The van der Waals surface area contributed by atoms with E-state index in [1.807, 2.05) is 0 Å². The minimum absolute atomic E-state index is 0.661. The Morgan fingerprint density at radius 2 is 1.71 bits per heavy atom. The Hall–Kier alpha value is -0.500. The molecule has 0 heterocycles. The van der Waals surface area contributed by atoms with Crippen LogP contribution in [0.5, 0.6) is 0 Å². The fourth-order valence-corrected chi connectivity index (χ4v) is 2.93. The van der Waals surface area contributed by atoms with Gasteiger partial charge in [-0.25, -0.2) is 0 Å². The molecule has 0 amide bonds. The van der Waals surface area contributed by atoms with Crippen LogP contribution in [-0.2, 0) is 0 Å². The zero-order valence-electron chi connectivity index (χ0n) is 10.6. The Kier molecular flexibility index (Phi) is 4.90. The minimum Gasteiger partial charge on any atom is -0.381 e. The highest BCUT2D eigenvalue weighted by Gasteiger charge is 2.12. The summed E-state index contributed by atoms with van der Waals surface area (Å²) >= 11 is 3.63. The summed E-state index contributed by atoms with van der Waals surface area (Å²) < 4.78 is 1.19. The summed E-state index contributed by atoms with van der Waals surface area (Å²) in [6.07, 6.45) is 9.64. The van der Waals surface area contributed by atoms with E-state index >= 15 is 0 Å². The van der Waals surface area contributed by atoms with Gasteiger partial charge in [-0.3, -0.25) is 0 Å². The average Bonchev–Trinajstić information content (AvgIpc) is 2.27. The van der Waals surface area contributed by atoms with Crippen molar-refractivity contribution in [1.82, 2.24) is 0 Å². The predicted molar refractivity (Wildman–Crippen MR) is 78.6 cm³/mol. The molecule has 0 unspecified atom stereocenters. The predicted octanol–water partition coefficient (Wildman–Crippen LogP) is 5.28. The Bertz CT molecular complexity index is 354. The number of anilines is 1. The van der Waals surface area contributed by atoms with Crippen molar-refractivity contribution >= 4 is 21.6 Å². The van der Waals surface area contributed by atoms with Gasteiger partial charge in [0.1, 0.15) is 0 Å². The average molecular weight is 296 g/mol. The lowest BCUT2D eigenvalue weighted by Crippen LogP contribution is -2.20. The van der Waals surface area contributed by atoms with E-state index in [0.717, 1.165) is 0 Å². The van der Waals surface area contributed by atoms with Crippen LogP contribution in [0.1, 0.15) is 50.5 Å². The topological polar surface area (TPSA) is 12.0 Å². The van der Waals surface area contributed by atoms with Gasteiger partial charge in [0.15, 0.2) is 0 Å².